The largest absolute Gasteiger partial charge is 0.367 e. The molecule has 1 aliphatic carbocycles. The van der Waals surface area contributed by atoms with Gasteiger partial charge in [-0.2, -0.15) is 0 Å². The first-order valence-corrected chi connectivity index (χ1v) is 6.97. The molecule has 1 aliphatic heterocycles. The van der Waals surface area contributed by atoms with Crippen LogP contribution in [0.2, 0.25) is 0 Å². The average molecular weight is 252 g/mol. The van der Waals surface area contributed by atoms with E-state index in [-0.39, 0.29) is 18.0 Å². The van der Waals surface area contributed by atoms with Crippen molar-refractivity contribution < 1.29 is 14.2 Å². The van der Waals surface area contributed by atoms with Gasteiger partial charge in [0.25, 0.3) is 0 Å². The van der Waals surface area contributed by atoms with E-state index in [1.54, 1.807) is 6.08 Å². The highest BCUT2D eigenvalue weighted by atomic mass is 16.8. The maximum atomic E-state index is 6.17. The number of hydrogen-bond donors (Lipinski definition) is 0. The van der Waals surface area contributed by atoms with Crippen LogP contribution in [0.1, 0.15) is 39.0 Å². The van der Waals surface area contributed by atoms with Crippen LogP contribution in [-0.4, -0.2) is 31.2 Å². The number of hydrogen-bond acceptors (Lipinski definition) is 3. The second kappa shape index (κ2) is 6.50. The van der Waals surface area contributed by atoms with Crippen molar-refractivity contribution >= 4 is 0 Å². The molecular formula is C15H24O3. The lowest BCUT2D eigenvalue weighted by molar-refractivity contribution is -0.195. The summed E-state index contributed by atoms with van der Waals surface area (Å²) < 4.78 is 17.8. The Morgan fingerprint density at radius 2 is 2.17 bits per heavy atom. The normalized spacial score (nSPS) is 28.8. The fourth-order valence-corrected chi connectivity index (χ4v) is 2.75. The van der Waals surface area contributed by atoms with Crippen molar-refractivity contribution in [1.29, 1.82) is 0 Å². The van der Waals surface area contributed by atoms with Crippen LogP contribution in [0.15, 0.2) is 24.8 Å². The molecule has 3 nitrogen and oxygen atoms in total. The Balaban J connectivity index is 1.93. The third-order valence-electron chi connectivity index (χ3n) is 3.65. The monoisotopic (exact) mass is 252 g/mol. The van der Waals surface area contributed by atoms with Crippen LogP contribution >= 0.6 is 0 Å². The first-order valence-electron chi connectivity index (χ1n) is 6.97. The number of rotatable bonds is 5. The fraction of sp³-hybridized carbons (Fsp3) is 0.733. The molecule has 0 amide bonds. The third-order valence-corrected chi connectivity index (χ3v) is 3.65. The molecule has 0 bridgehead atoms. The highest BCUT2D eigenvalue weighted by molar-refractivity contribution is 4.96. The smallest absolute Gasteiger partial charge is 0.169 e. The first kappa shape index (κ1) is 13.8. The van der Waals surface area contributed by atoms with Crippen LogP contribution in [-0.2, 0) is 14.2 Å². The standard InChI is InChI=1S/C15H24O3/c1-3-8-13(16-11-4-2)14-12-17-15(18-14)9-6-5-7-10-15/h3-4,8,13-14H,2,5-7,9-12H2,1H3/t13-,14-/m1/s1. The zero-order valence-corrected chi connectivity index (χ0v) is 11.3. The van der Waals surface area contributed by atoms with Crippen LogP contribution in [0.5, 0.6) is 0 Å². The summed E-state index contributed by atoms with van der Waals surface area (Å²) in [4.78, 5) is 0. The van der Waals surface area contributed by atoms with Gasteiger partial charge in [0.2, 0.25) is 0 Å². The van der Waals surface area contributed by atoms with Crippen molar-refractivity contribution in [2.75, 3.05) is 13.2 Å². The van der Waals surface area contributed by atoms with Gasteiger partial charge < -0.3 is 14.2 Å². The van der Waals surface area contributed by atoms with Crippen molar-refractivity contribution in [3.8, 4) is 0 Å². The first-order chi connectivity index (χ1) is 8.79. The molecule has 1 saturated carbocycles. The molecule has 0 unspecified atom stereocenters. The van der Waals surface area contributed by atoms with Crippen molar-refractivity contribution in [2.45, 2.75) is 57.0 Å². The molecule has 2 fully saturated rings. The van der Waals surface area contributed by atoms with Gasteiger partial charge in [-0.3, -0.25) is 0 Å². The Labute approximate surface area is 110 Å². The summed E-state index contributed by atoms with van der Waals surface area (Å²) in [6.07, 6.45) is 11.5. The lowest BCUT2D eigenvalue weighted by Crippen LogP contribution is -2.36. The third kappa shape index (κ3) is 3.22. The predicted octanol–water partition coefficient (Wildman–Crippen LogP) is 3.21. The molecule has 2 rings (SSSR count). The van der Waals surface area contributed by atoms with E-state index in [0.717, 1.165) is 12.8 Å². The lowest BCUT2D eigenvalue weighted by Gasteiger charge is -2.32. The summed E-state index contributed by atoms with van der Waals surface area (Å²) in [5.74, 6) is -0.319. The lowest BCUT2D eigenvalue weighted by atomic mass is 9.94. The molecule has 1 saturated heterocycles. The molecule has 0 radical (unpaired) electrons. The van der Waals surface area contributed by atoms with E-state index in [1.807, 2.05) is 19.1 Å². The number of ether oxygens (including phenoxy) is 3. The van der Waals surface area contributed by atoms with Crippen LogP contribution in [0, 0.1) is 0 Å². The molecule has 0 aromatic carbocycles. The van der Waals surface area contributed by atoms with Crippen LogP contribution in [0.3, 0.4) is 0 Å². The van der Waals surface area contributed by atoms with Crippen LogP contribution in [0.25, 0.3) is 0 Å². The number of allylic oxidation sites excluding steroid dienone is 1. The fourth-order valence-electron chi connectivity index (χ4n) is 2.75. The summed E-state index contributed by atoms with van der Waals surface area (Å²) in [5, 5.41) is 0. The average Bonchev–Trinajstić information content (AvgIpc) is 2.79. The zero-order chi connectivity index (χ0) is 12.8. The molecule has 0 N–H and O–H groups in total. The Hall–Kier alpha value is -0.640. The van der Waals surface area contributed by atoms with Gasteiger partial charge in [0.1, 0.15) is 12.2 Å². The summed E-state index contributed by atoms with van der Waals surface area (Å²) in [5.41, 5.74) is 0. The highest BCUT2D eigenvalue weighted by Crippen LogP contribution is 2.38. The molecule has 2 atom stereocenters. The van der Waals surface area contributed by atoms with E-state index in [9.17, 15) is 0 Å². The minimum absolute atomic E-state index is 0.0132. The van der Waals surface area contributed by atoms with E-state index in [2.05, 4.69) is 6.58 Å². The van der Waals surface area contributed by atoms with E-state index in [4.69, 9.17) is 14.2 Å². The van der Waals surface area contributed by atoms with Crippen molar-refractivity contribution in [1.82, 2.24) is 0 Å². The zero-order valence-electron chi connectivity index (χ0n) is 11.3. The molecule has 3 heteroatoms. The van der Waals surface area contributed by atoms with E-state index < -0.39 is 0 Å². The maximum Gasteiger partial charge on any atom is 0.169 e. The minimum atomic E-state index is -0.319. The maximum absolute atomic E-state index is 6.17. The van der Waals surface area contributed by atoms with Crippen LogP contribution < -0.4 is 0 Å². The van der Waals surface area contributed by atoms with Gasteiger partial charge in [-0.25, -0.2) is 0 Å². The molecule has 0 aromatic rings. The summed E-state index contributed by atoms with van der Waals surface area (Å²) in [7, 11) is 0. The topological polar surface area (TPSA) is 27.7 Å². The quantitative estimate of drug-likeness (QED) is 0.703. The Morgan fingerprint density at radius 1 is 1.39 bits per heavy atom. The molecule has 18 heavy (non-hydrogen) atoms. The molecule has 102 valence electrons. The van der Waals surface area contributed by atoms with Gasteiger partial charge in [0, 0.05) is 12.8 Å². The molecule has 1 heterocycles. The van der Waals surface area contributed by atoms with Crippen LogP contribution in [0.4, 0.5) is 0 Å². The predicted molar refractivity (Wildman–Crippen MR) is 71.4 cm³/mol. The molecule has 0 aromatic heterocycles. The molecular weight excluding hydrogens is 228 g/mol. The van der Waals surface area contributed by atoms with E-state index in [0.29, 0.717) is 13.2 Å². The van der Waals surface area contributed by atoms with Crippen molar-refractivity contribution in [2.24, 2.45) is 0 Å². The summed E-state index contributed by atoms with van der Waals surface area (Å²) in [6, 6.07) is 0. The van der Waals surface area contributed by atoms with Crippen molar-refractivity contribution in [3.05, 3.63) is 24.8 Å². The Kier molecular flexibility index (Phi) is 4.98. The molecule has 1 spiro atoms. The summed E-state index contributed by atoms with van der Waals surface area (Å²) in [6.45, 7) is 6.85. The van der Waals surface area contributed by atoms with Gasteiger partial charge in [-0.05, 0) is 19.8 Å². The van der Waals surface area contributed by atoms with Gasteiger partial charge in [-0.15, -0.1) is 6.58 Å². The van der Waals surface area contributed by atoms with E-state index >= 15 is 0 Å². The highest BCUT2D eigenvalue weighted by Gasteiger charge is 2.44. The van der Waals surface area contributed by atoms with E-state index in [1.165, 1.54) is 19.3 Å². The van der Waals surface area contributed by atoms with Gasteiger partial charge >= 0.3 is 0 Å². The summed E-state index contributed by atoms with van der Waals surface area (Å²) >= 11 is 0. The van der Waals surface area contributed by atoms with Gasteiger partial charge in [0.15, 0.2) is 5.79 Å². The van der Waals surface area contributed by atoms with Gasteiger partial charge in [0.05, 0.1) is 13.2 Å². The Morgan fingerprint density at radius 3 is 2.83 bits per heavy atom. The van der Waals surface area contributed by atoms with Gasteiger partial charge in [-0.1, -0.05) is 24.6 Å². The Bertz CT molecular complexity index is 292. The SMILES string of the molecule is C=CCO[C@H](C=CC)[C@H]1COC2(CCCCC2)O1. The van der Waals surface area contributed by atoms with Crippen molar-refractivity contribution in [3.63, 3.8) is 0 Å². The minimum Gasteiger partial charge on any atom is -0.367 e. The second-order valence-electron chi connectivity index (χ2n) is 5.05. The second-order valence-corrected chi connectivity index (χ2v) is 5.05. The molecule has 2 aliphatic rings.